The number of imidazole rings is 1. The van der Waals surface area contributed by atoms with E-state index in [0.29, 0.717) is 11.9 Å². The third-order valence-electron chi connectivity index (χ3n) is 4.70. The van der Waals surface area contributed by atoms with Gasteiger partial charge >= 0.3 is 0 Å². The van der Waals surface area contributed by atoms with E-state index in [1.165, 1.54) is 42.6 Å². The molecule has 2 nitrogen and oxygen atoms in total. The Bertz CT molecular complexity index is 602. The number of rotatable bonds is 3. The molecule has 3 heteroatoms. The lowest BCUT2D eigenvalue weighted by molar-refractivity contribution is 0.257. The lowest BCUT2D eigenvalue weighted by Gasteiger charge is -2.32. The number of alkyl halides is 1. The Balaban J connectivity index is 2.17. The Morgan fingerprint density at radius 3 is 2.85 bits per heavy atom. The Morgan fingerprint density at radius 2 is 2.10 bits per heavy atom. The summed E-state index contributed by atoms with van der Waals surface area (Å²) in [6.07, 6.45) is 6.17. The van der Waals surface area contributed by atoms with Gasteiger partial charge in [-0.1, -0.05) is 31.9 Å². The van der Waals surface area contributed by atoms with Crippen LogP contribution in [0.4, 0.5) is 0 Å². The molecule has 0 bridgehead atoms. The first kappa shape index (κ1) is 13.9. The fourth-order valence-corrected chi connectivity index (χ4v) is 3.84. The molecule has 20 heavy (non-hydrogen) atoms. The zero-order valence-corrected chi connectivity index (χ0v) is 13.2. The van der Waals surface area contributed by atoms with Crippen molar-refractivity contribution in [3.63, 3.8) is 0 Å². The molecule has 108 valence electrons. The van der Waals surface area contributed by atoms with E-state index in [9.17, 15) is 0 Å². The third-order valence-corrected chi connectivity index (χ3v) is 4.89. The molecule has 1 aliphatic carbocycles. The molecule has 1 aromatic heterocycles. The highest BCUT2D eigenvalue weighted by molar-refractivity contribution is 6.17. The summed E-state index contributed by atoms with van der Waals surface area (Å²) in [5.74, 6) is 2.54. The summed E-state index contributed by atoms with van der Waals surface area (Å²) in [5.41, 5.74) is 3.78. The van der Waals surface area contributed by atoms with Gasteiger partial charge < -0.3 is 4.57 Å². The second kappa shape index (κ2) is 5.77. The Morgan fingerprint density at radius 1 is 1.30 bits per heavy atom. The second-order valence-corrected chi connectivity index (χ2v) is 6.49. The number of hydrogen-bond donors (Lipinski definition) is 0. The molecule has 0 saturated heterocycles. The second-order valence-electron chi connectivity index (χ2n) is 6.11. The summed E-state index contributed by atoms with van der Waals surface area (Å²) in [4.78, 5) is 4.85. The van der Waals surface area contributed by atoms with Gasteiger partial charge in [-0.3, -0.25) is 0 Å². The molecule has 1 aromatic carbocycles. The van der Waals surface area contributed by atoms with E-state index >= 15 is 0 Å². The summed E-state index contributed by atoms with van der Waals surface area (Å²) < 4.78 is 2.51. The monoisotopic (exact) mass is 290 g/mol. The highest BCUT2D eigenvalue weighted by Gasteiger charge is 2.27. The molecule has 2 unspecified atom stereocenters. The molecule has 1 heterocycles. The van der Waals surface area contributed by atoms with Crippen LogP contribution in [0.3, 0.4) is 0 Å². The smallest absolute Gasteiger partial charge is 0.111 e. The maximum absolute atomic E-state index is 6.00. The summed E-state index contributed by atoms with van der Waals surface area (Å²) in [6.45, 7) is 4.58. The van der Waals surface area contributed by atoms with Crippen LogP contribution in [0.2, 0.25) is 0 Å². The minimum atomic E-state index is 0.591. The number of aryl methyl sites for hydroxylation is 2. The Kier molecular flexibility index (Phi) is 4.02. The number of halogens is 1. The van der Waals surface area contributed by atoms with Gasteiger partial charge in [0, 0.05) is 18.3 Å². The zero-order chi connectivity index (χ0) is 14.1. The predicted octanol–water partition coefficient (Wildman–Crippen LogP) is 4.88. The highest BCUT2D eigenvalue weighted by atomic mass is 35.5. The van der Waals surface area contributed by atoms with Crippen LogP contribution >= 0.6 is 11.6 Å². The van der Waals surface area contributed by atoms with Crippen molar-refractivity contribution in [3.05, 3.63) is 29.6 Å². The fourth-order valence-electron chi connectivity index (χ4n) is 3.67. The molecule has 2 aromatic rings. The van der Waals surface area contributed by atoms with Gasteiger partial charge in [0.15, 0.2) is 0 Å². The average molecular weight is 291 g/mol. The van der Waals surface area contributed by atoms with Crippen molar-refractivity contribution in [2.24, 2.45) is 5.92 Å². The van der Waals surface area contributed by atoms with Crippen molar-refractivity contribution in [3.8, 4) is 0 Å². The van der Waals surface area contributed by atoms with E-state index in [1.54, 1.807) is 0 Å². The van der Waals surface area contributed by atoms with Crippen LogP contribution in [-0.4, -0.2) is 15.4 Å². The maximum atomic E-state index is 6.00. The van der Waals surface area contributed by atoms with E-state index in [1.807, 2.05) is 0 Å². The highest BCUT2D eigenvalue weighted by Crippen LogP contribution is 2.37. The fraction of sp³-hybridized carbons (Fsp3) is 0.588. The minimum Gasteiger partial charge on any atom is -0.324 e. The number of benzene rings is 1. The summed E-state index contributed by atoms with van der Waals surface area (Å²) in [5, 5.41) is 0. The van der Waals surface area contributed by atoms with Crippen LogP contribution in [0.5, 0.6) is 0 Å². The molecule has 2 atom stereocenters. The molecule has 1 fully saturated rings. The van der Waals surface area contributed by atoms with Gasteiger partial charge in [-0.25, -0.2) is 4.98 Å². The van der Waals surface area contributed by atoms with E-state index in [2.05, 4.69) is 36.6 Å². The van der Waals surface area contributed by atoms with Gasteiger partial charge in [0.1, 0.15) is 5.82 Å². The molecule has 1 aliphatic rings. The van der Waals surface area contributed by atoms with Crippen LogP contribution in [0, 0.1) is 12.8 Å². The van der Waals surface area contributed by atoms with E-state index in [4.69, 9.17) is 16.6 Å². The Labute approximate surface area is 126 Å². The topological polar surface area (TPSA) is 17.8 Å². The quantitative estimate of drug-likeness (QED) is 0.737. The first-order chi connectivity index (χ1) is 9.72. The van der Waals surface area contributed by atoms with Crippen LogP contribution < -0.4 is 0 Å². The van der Waals surface area contributed by atoms with E-state index in [-0.39, 0.29) is 0 Å². The van der Waals surface area contributed by atoms with Gasteiger partial charge in [-0.15, -0.1) is 11.6 Å². The van der Waals surface area contributed by atoms with E-state index in [0.717, 1.165) is 17.9 Å². The first-order valence-electron chi connectivity index (χ1n) is 7.74. The molecule has 0 radical (unpaired) electrons. The van der Waals surface area contributed by atoms with Gasteiger partial charge in [0.25, 0.3) is 0 Å². The lowest BCUT2D eigenvalue weighted by Crippen LogP contribution is -2.23. The number of aromatic nitrogens is 2. The number of hydrogen-bond acceptors (Lipinski definition) is 1. The van der Waals surface area contributed by atoms with Crippen LogP contribution in [0.1, 0.15) is 50.0 Å². The standard InChI is InChI=1S/C17H23ClN2/c1-12-6-3-4-9-15(12)20-16(10-11-18)19-14-8-5-7-13(2)17(14)20/h5,7-8,12,15H,3-4,6,9-11H2,1-2H3. The molecule has 3 rings (SSSR count). The maximum Gasteiger partial charge on any atom is 0.111 e. The van der Waals surface area contributed by atoms with Crippen LogP contribution in [-0.2, 0) is 6.42 Å². The molecular formula is C17H23ClN2. The van der Waals surface area contributed by atoms with Crippen molar-refractivity contribution in [2.45, 2.75) is 52.0 Å². The van der Waals surface area contributed by atoms with E-state index < -0.39 is 0 Å². The first-order valence-corrected chi connectivity index (χ1v) is 8.28. The predicted molar refractivity (Wildman–Crippen MR) is 85.6 cm³/mol. The van der Waals surface area contributed by atoms with Gasteiger partial charge in [0.05, 0.1) is 11.0 Å². The van der Waals surface area contributed by atoms with Crippen molar-refractivity contribution in [1.82, 2.24) is 9.55 Å². The number of nitrogens with zero attached hydrogens (tertiary/aromatic N) is 2. The van der Waals surface area contributed by atoms with Gasteiger partial charge in [-0.2, -0.15) is 0 Å². The lowest BCUT2D eigenvalue weighted by atomic mass is 9.85. The molecule has 0 spiro atoms. The van der Waals surface area contributed by atoms with Crippen molar-refractivity contribution in [1.29, 1.82) is 0 Å². The molecule has 0 N–H and O–H groups in total. The largest absolute Gasteiger partial charge is 0.324 e. The summed E-state index contributed by atoms with van der Waals surface area (Å²) in [7, 11) is 0. The van der Waals surface area contributed by atoms with Crippen LogP contribution in [0.25, 0.3) is 11.0 Å². The van der Waals surface area contributed by atoms with Crippen molar-refractivity contribution >= 4 is 22.6 Å². The van der Waals surface area contributed by atoms with Crippen molar-refractivity contribution in [2.75, 3.05) is 5.88 Å². The molecule has 0 aliphatic heterocycles. The number of fused-ring (bicyclic) bond motifs is 1. The number of para-hydroxylation sites is 1. The summed E-state index contributed by atoms with van der Waals surface area (Å²) in [6, 6.07) is 7.01. The third kappa shape index (κ3) is 2.35. The normalized spacial score (nSPS) is 23.4. The average Bonchev–Trinajstić information content (AvgIpc) is 2.79. The van der Waals surface area contributed by atoms with Gasteiger partial charge in [-0.05, 0) is 37.3 Å². The molecular weight excluding hydrogens is 268 g/mol. The van der Waals surface area contributed by atoms with Crippen LogP contribution in [0.15, 0.2) is 18.2 Å². The van der Waals surface area contributed by atoms with Gasteiger partial charge in [0.2, 0.25) is 0 Å². The zero-order valence-electron chi connectivity index (χ0n) is 12.4. The minimum absolute atomic E-state index is 0.591. The Hall–Kier alpha value is -1.02. The molecule has 1 saturated carbocycles. The SMILES string of the molecule is Cc1cccc2nc(CCCl)n(C3CCCCC3C)c12. The molecule has 0 amide bonds. The van der Waals surface area contributed by atoms with Crippen molar-refractivity contribution < 1.29 is 0 Å². The summed E-state index contributed by atoms with van der Waals surface area (Å²) >= 11 is 6.00.